The molecule has 0 atom stereocenters. The second-order valence-corrected chi connectivity index (χ2v) is 30.0. The molecule has 104 heavy (non-hydrogen) atoms. The molecule has 0 fully saturated rings. The second-order valence-electron chi connectivity index (χ2n) is 30.0. The molecule has 0 saturated heterocycles. The van der Waals surface area contributed by atoms with Crippen LogP contribution in [0.2, 0.25) is 0 Å². The number of nitrogens with zero attached hydrogens (tertiary/aromatic N) is 5. The molecule has 7 heterocycles. The Morgan fingerprint density at radius 3 is 1.40 bits per heavy atom. The van der Waals surface area contributed by atoms with Crippen LogP contribution in [0.3, 0.4) is 0 Å². The van der Waals surface area contributed by atoms with Crippen molar-refractivity contribution in [1.82, 2.24) is 18.1 Å². The maximum Gasteiger partial charge on any atom is 0.252 e. The van der Waals surface area contributed by atoms with Gasteiger partial charge in [0.2, 0.25) is 0 Å². The van der Waals surface area contributed by atoms with Crippen molar-refractivity contribution in [2.24, 2.45) is 0 Å². The molecule has 0 spiro atoms. The van der Waals surface area contributed by atoms with Gasteiger partial charge in [-0.1, -0.05) is 272 Å². The summed E-state index contributed by atoms with van der Waals surface area (Å²) in [5.41, 5.74) is 15.9. The maximum atomic E-state index is 10.0. The van der Waals surface area contributed by atoms with Crippen molar-refractivity contribution in [1.29, 1.82) is 0 Å². The number of para-hydroxylation sites is 6. The summed E-state index contributed by atoms with van der Waals surface area (Å²) in [6, 6.07) is 68.6. The van der Waals surface area contributed by atoms with Gasteiger partial charge in [-0.25, -0.2) is 0 Å². The van der Waals surface area contributed by atoms with Crippen LogP contribution in [0, 0.1) is 0 Å². The van der Waals surface area contributed by atoms with Crippen LogP contribution in [0.15, 0.2) is 315 Å². The van der Waals surface area contributed by atoms with Gasteiger partial charge in [-0.05, 0) is 167 Å². The van der Waals surface area contributed by atoms with Crippen LogP contribution in [-0.4, -0.2) is 24.8 Å². The number of rotatable bonds is 5. The number of anilines is 3. The molecule has 6 heteroatoms. The van der Waals surface area contributed by atoms with E-state index in [1.807, 2.05) is 48.5 Å². The van der Waals surface area contributed by atoms with Gasteiger partial charge in [0, 0.05) is 87.8 Å². The molecule has 0 aliphatic carbocycles. The molecule has 0 unspecified atom stereocenters. The first-order valence-electron chi connectivity index (χ1n) is 43.4. The first-order valence-corrected chi connectivity index (χ1v) is 35.4. The Kier molecular flexibility index (Phi) is 9.34. The summed E-state index contributed by atoms with van der Waals surface area (Å²) in [5.74, 6) is 0. The minimum absolute atomic E-state index is 0.0806. The highest BCUT2D eigenvalue weighted by molar-refractivity contribution is 7.00. The lowest BCUT2D eigenvalue weighted by Crippen LogP contribution is -2.60. The van der Waals surface area contributed by atoms with E-state index < -0.39 is 103 Å². The standard InChI is InChI=1S/C98H70BN5/c1-97(2,3)63-51-62(52-64(54-63)98(4,5)6)61-45-49-81-89(53-61)102(65-46-43-60(44-47-65)59-25-8-7-9-26-59)96-92-78-37-24-36-77-71-30-13-11-28-69(71)68-27-10-12-29-70(68)72-31-14-23-42-87(72)103(94(77)78)90(92)58-91-93(96)99(81)82-57-67(101-85-40-21-17-34-75(85)76-35-18-22-41-86(76)101)56-80-79-55-66(48-50-88(79)104(91)95(80)82)100-83-38-19-15-32-73(83)74-33-16-20-39-84(74)100/h7-58H,1-6H3/i15D,16D,17D,18D,19D,20D,21D,22D,32D,33D,34D,35D,38D,39D,40D,41D. The van der Waals surface area contributed by atoms with Gasteiger partial charge in [-0.15, -0.1) is 0 Å². The molecule has 0 radical (unpaired) electrons. The van der Waals surface area contributed by atoms with Crippen LogP contribution in [-0.2, 0) is 10.8 Å². The van der Waals surface area contributed by atoms with Crippen LogP contribution in [0.4, 0.5) is 17.1 Å². The van der Waals surface area contributed by atoms with Crippen molar-refractivity contribution in [3.05, 3.63) is 326 Å². The lowest BCUT2D eigenvalue weighted by molar-refractivity contribution is 0.569. The fourth-order valence-corrected chi connectivity index (χ4v) is 17.5. The highest BCUT2D eigenvalue weighted by Crippen LogP contribution is 2.51. The fourth-order valence-electron chi connectivity index (χ4n) is 17.5. The Labute approximate surface area is 625 Å². The zero-order chi connectivity index (χ0) is 83.1. The van der Waals surface area contributed by atoms with Gasteiger partial charge in [0.1, 0.15) is 0 Å². The first-order chi connectivity index (χ1) is 57.5. The second kappa shape index (κ2) is 21.5. The van der Waals surface area contributed by atoms with Crippen LogP contribution >= 0.6 is 0 Å². The summed E-state index contributed by atoms with van der Waals surface area (Å²) in [7, 11) is 0. The van der Waals surface area contributed by atoms with Crippen molar-refractivity contribution in [2.75, 3.05) is 4.90 Å². The monoisotopic (exact) mass is 1340 g/mol. The van der Waals surface area contributed by atoms with E-state index in [-0.39, 0.29) is 65.8 Å². The van der Waals surface area contributed by atoms with E-state index in [1.165, 1.54) is 15.7 Å². The zero-order valence-electron chi connectivity index (χ0n) is 73.6. The predicted molar refractivity (Wildman–Crippen MR) is 444 cm³/mol. The third-order valence-corrected chi connectivity index (χ3v) is 22.3. The molecule has 2 aliphatic rings. The van der Waals surface area contributed by atoms with E-state index in [0.717, 1.165) is 116 Å². The molecular formula is C98H70BN5. The minimum atomic E-state index is -0.756. The number of fused-ring (bicyclic) bond motifs is 24. The van der Waals surface area contributed by atoms with E-state index in [2.05, 4.69) is 225 Å². The smallest absolute Gasteiger partial charge is 0.252 e. The van der Waals surface area contributed by atoms with E-state index in [4.69, 9.17) is 2.74 Å². The highest BCUT2D eigenvalue weighted by atomic mass is 15.2. The molecule has 0 bridgehead atoms. The van der Waals surface area contributed by atoms with Gasteiger partial charge in [0.25, 0.3) is 6.71 Å². The zero-order valence-corrected chi connectivity index (χ0v) is 57.6. The van der Waals surface area contributed by atoms with E-state index in [1.54, 1.807) is 4.57 Å². The van der Waals surface area contributed by atoms with Crippen LogP contribution in [0.5, 0.6) is 0 Å². The van der Waals surface area contributed by atoms with Crippen molar-refractivity contribution in [3.8, 4) is 39.3 Å². The Balaban J connectivity index is 0.989. The Morgan fingerprint density at radius 1 is 0.288 bits per heavy atom. The number of hydrogen-bond donors (Lipinski definition) is 0. The van der Waals surface area contributed by atoms with Crippen molar-refractivity contribution in [2.45, 2.75) is 52.4 Å². The molecule has 0 saturated carbocycles. The lowest BCUT2D eigenvalue weighted by atomic mass is 9.33. The van der Waals surface area contributed by atoms with E-state index in [9.17, 15) is 19.2 Å². The number of benzene rings is 15. The Hall–Kier alpha value is -12.6. The number of hydrogen-bond acceptors (Lipinski definition) is 1. The predicted octanol–water partition coefficient (Wildman–Crippen LogP) is 24.1. The van der Waals surface area contributed by atoms with Gasteiger partial charge in [0.15, 0.2) is 0 Å². The van der Waals surface area contributed by atoms with Crippen molar-refractivity contribution in [3.63, 3.8) is 0 Å². The van der Waals surface area contributed by atoms with Gasteiger partial charge in [0.05, 0.1) is 71.8 Å². The van der Waals surface area contributed by atoms with Gasteiger partial charge in [-0.3, -0.25) is 0 Å². The molecule has 490 valence electrons. The largest absolute Gasteiger partial charge is 0.311 e. The van der Waals surface area contributed by atoms with Gasteiger partial charge >= 0.3 is 0 Å². The summed E-state index contributed by atoms with van der Waals surface area (Å²) < 4.78 is 159. The van der Waals surface area contributed by atoms with Crippen molar-refractivity contribution >= 4 is 165 Å². The molecular weight excluding hydrogens is 1260 g/mol. The SMILES string of the molecule is [2H]c1c([2H])c([2H])c2c(c1[2H])c1c([2H])c([2H])c([2H])c([2H])c1n2-c1ccc2c(c1)c1cc(-n3c4c([2H])c([2H])c([2H])c([2H])c4c4c([2H])c([2H])c([2H])c([2H])c43)cc3c1n2-c1cc2c(c4c1B3c1ccc(-c3cc(C(C)(C)C)cc(C(C)(C)C)c3)cc1N4c1ccc(-c3ccccc3)cc1)c1cccc3c4ccccc4c4ccccc4c4ccccc4n2c31. The van der Waals surface area contributed by atoms with Crippen molar-refractivity contribution < 1.29 is 21.9 Å². The summed E-state index contributed by atoms with van der Waals surface area (Å²) >= 11 is 0. The van der Waals surface area contributed by atoms with Gasteiger partial charge < -0.3 is 23.0 Å². The van der Waals surface area contributed by atoms with Gasteiger partial charge in [-0.2, -0.15) is 0 Å². The summed E-state index contributed by atoms with van der Waals surface area (Å²) in [6.07, 6.45) is 0. The molecule has 2 aliphatic heterocycles. The fraction of sp³-hybridized carbons (Fsp3) is 0.0816. The normalized spacial score (nSPS) is 15.2. The highest BCUT2D eigenvalue weighted by Gasteiger charge is 2.45. The Morgan fingerprint density at radius 2 is 0.788 bits per heavy atom. The van der Waals surface area contributed by atoms with Crippen LogP contribution in [0.25, 0.3) is 164 Å². The first kappa shape index (κ1) is 45.3. The maximum absolute atomic E-state index is 10.0. The average molecular weight is 1340 g/mol. The lowest BCUT2D eigenvalue weighted by Gasteiger charge is -2.41. The third-order valence-electron chi connectivity index (χ3n) is 22.3. The molecule has 22 rings (SSSR count). The van der Waals surface area contributed by atoms with E-state index in [0.29, 0.717) is 27.3 Å². The average Bonchev–Trinajstić information content (AvgIpc) is 1.46. The molecule has 5 nitrogen and oxygen atoms in total. The van der Waals surface area contributed by atoms with E-state index >= 15 is 0 Å². The summed E-state index contributed by atoms with van der Waals surface area (Å²) in [4.78, 5) is 2.45. The quantitative estimate of drug-likeness (QED) is 0.157. The number of aromatic nitrogens is 4. The third kappa shape index (κ3) is 8.28. The molecule has 20 aromatic rings. The molecule has 0 N–H and O–H groups in total. The van der Waals surface area contributed by atoms with Crippen LogP contribution in [0.1, 0.15) is 74.6 Å². The summed E-state index contributed by atoms with van der Waals surface area (Å²) in [5, 5.41) is 8.75. The molecule has 0 amide bonds. The summed E-state index contributed by atoms with van der Waals surface area (Å²) in [6.45, 7) is 12.7. The van der Waals surface area contributed by atoms with Crippen LogP contribution < -0.4 is 21.3 Å². The Bertz CT molecular complexity index is 8030. The molecule has 15 aromatic carbocycles. The molecule has 5 aromatic heterocycles. The topological polar surface area (TPSA) is 22.4 Å². The minimum Gasteiger partial charge on any atom is -0.311 e.